The van der Waals surface area contributed by atoms with Crippen molar-refractivity contribution in [1.29, 1.82) is 0 Å². The molecule has 0 aliphatic carbocycles. The third kappa shape index (κ3) is 2.85. The largest absolute Gasteiger partial charge is 0.381 e. The van der Waals surface area contributed by atoms with Crippen molar-refractivity contribution in [2.75, 3.05) is 37.4 Å². The molecule has 1 atom stereocenters. The molecule has 0 saturated carbocycles. The van der Waals surface area contributed by atoms with Crippen LogP contribution in [0.15, 0.2) is 6.33 Å². The lowest BCUT2D eigenvalue weighted by molar-refractivity contribution is 0.187. The summed E-state index contributed by atoms with van der Waals surface area (Å²) in [5, 5.41) is 6.51. The van der Waals surface area contributed by atoms with Crippen molar-refractivity contribution in [1.82, 2.24) is 9.97 Å². The van der Waals surface area contributed by atoms with Gasteiger partial charge in [-0.1, -0.05) is 6.92 Å². The van der Waals surface area contributed by atoms with Crippen LogP contribution in [0.25, 0.3) is 0 Å². The van der Waals surface area contributed by atoms with Crippen molar-refractivity contribution in [2.45, 2.75) is 19.8 Å². The Balaban J connectivity index is 2.03. The Morgan fingerprint density at radius 2 is 2.24 bits per heavy atom. The Hall–Kier alpha value is -1.36. The lowest BCUT2D eigenvalue weighted by Crippen LogP contribution is -2.16. The zero-order chi connectivity index (χ0) is 12.1. The molecule has 2 heterocycles. The zero-order valence-corrected chi connectivity index (χ0v) is 10.5. The second-order valence-corrected chi connectivity index (χ2v) is 4.26. The van der Waals surface area contributed by atoms with Crippen molar-refractivity contribution in [2.24, 2.45) is 5.92 Å². The van der Waals surface area contributed by atoms with Crippen LogP contribution >= 0.6 is 0 Å². The summed E-state index contributed by atoms with van der Waals surface area (Å²) in [7, 11) is 1.89. The molecule has 1 aromatic heterocycles. The first kappa shape index (κ1) is 12.1. The molecule has 1 aliphatic heterocycles. The molecular formula is C12H20N4O. The molecule has 1 unspecified atom stereocenters. The second-order valence-electron chi connectivity index (χ2n) is 4.26. The predicted octanol–water partition coefficient (Wildman–Crippen LogP) is 1.53. The topological polar surface area (TPSA) is 59.1 Å². The molecule has 1 saturated heterocycles. The summed E-state index contributed by atoms with van der Waals surface area (Å²) in [5.74, 6) is 2.46. The fourth-order valence-electron chi connectivity index (χ4n) is 2.10. The third-order valence-electron chi connectivity index (χ3n) is 3.12. The highest BCUT2D eigenvalue weighted by Crippen LogP contribution is 2.21. The standard InChI is InChI=1S/C12H20N4O/c1-3-10-11(13-2)15-8-16-12(10)14-6-9-4-5-17-7-9/h8-9H,3-7H2,1-2H3,(H2,13,14,15,16). The molecule has 0 bridgehead atoms. The molecule has 0 amide bonds. The number of nitrogens with zero attached hydrogens (tertiary/aromatic N) is 2. The summed E-state index contributed by atoms with van der Waals surface area (Å²) < 4.78 is 5.36. The van der Waals surface area contributed by atoms with E-state index in [0.717, 1.165) is 49.8 Å². The third-order valence-corrected chi connectivity index (χ3v) is 3.12. The molecule has 2 N–H and O–H groups in total. The highest BCUT2D eigenvalue weighted by molar-refractivity contribution is 5.57. The van der Waals surface area contributed by atoms with Gasteiger partial charge in [0.05, 0.1) is 6.61 Å². The van der Waals surface area contributed by atoms with Crippen molar-refractivity contribution < 1.29 is 4.74 Å². The Bertz CT molecular complexity index is 364. The molecule has 5 heteroatoms. The van der Waals surface area contributed by atoms with E-state index in [1.807, 2.05) is 7.05 Å². The van der Waals surface area contributed by atoms with Crippen molar-refractivity contribution in [3.8, 4) is 0 Å². The van der Waals surface area contributed by atoms with E-state index in [0.29, 0.717) is 5.92 Å². The number of hydrogen-bond donors (Lipinski definition) is 2. The molecule has 0 spiro atoms. The first-order valence-electron chi connectivity index (χ1n) is 6.18. The Morgan fingerprint density at radius 1 is 1.41 bits per heavy atom. The van der Waals surface area contributed by atoms with Gasteiger partial charge in [-0.2, -0.15) is 0 Å². The van der Waals surface area contributed by atoms with E-state index in [1.54, 1.807) is 6.33 Å². The molecule has 1 fully saturated rings. The molecule has 17 heavy (non-hydrogen) atoms. The van der Waals surface area contributed by atoms with E-state index in [2.05, 4.69) is 27.5 Å². The maximum absolute atomic E-state index is 5.36. The van der Waals surface area contributed by atoms with Crippen LogP contribution in [0.4, 0.5) is 11.6 Å². The minimum atomic E-state index is 0.604. The smallest absolute Gasteiger partial charge is 0.134 e. The van der Waals surface area contributed by atoms with Gasteiger partial charge in [0.2, 0.25) is 0 Å². The predicted molar refractivity (Wildman–Crippen MR) is 68.4 cm³/mol. The van der Waals surface area contributed by atoms with Gasteiger partial charge in [0, 0.05) is 31.7 Å². The number of anilines is 2. The van der Waals surface area contributed by atoms with E-state index in [4.69, 9.17) is 4.74 Å². The summed E-state index contributed by atoms with van der Waals surface area (Å²) >= 11 is 0. The molecule has 1 aliphatic rings. The first-order valence-corrected chi connectivity index (χ1v) is 6.18. The average Bonchev–Trinajstić information content (AvgIpc) is 2.88. The molecule has 0 aromatic carbocycles. The van der Waals surface area contributed by atoms with Gasteiger partial charge in [0.1, 0.15) is 18.0 Å². The minimum Gasteiger partial charge on any atom is -0.381 e. The Kier molecular flexibility index (Phi) is 4.14. The number of rotatable bonds is 5. The summed E-state index contributed by atoms with van der Waals surface area (Å²) in [5.41, 5.74) is 1.15. The minimum absolute atomic E-state index is 0.604. The fraction of sp³-hybridized carbons (Fsp3) is 0.667. The summed E-state index contributed by atoms with van der Waals surface area (Å²) in [4.78, 5) is 8.54. The lowest BCUT2D eigenvalue weighted by atomic mass is 10.1. The van der Waals surface area contributed by atoms with E-state index in [1.165, 1.54) is 0 Å². The van der Waals surface area contributed by atoms with Crippen LogP contribution in [0.3, 0.4) is 0 Å². The van der Waals surface area contributed by atoms with Crippen molar-refractivity contribution >= 4 is 11.6 Å². The Labute approximate surface area is 102 Å². The van der Waals surface area contributed by atoms with Crippen LogP contribution in [0.2, 0.25) is 0 Å². The maximum Gasteiger partial charge on any atom is 0.134 e. The van der Waals surface area contributed by atoms with Gasteiger partial charge in [-0.25, -0.2) is 9.97 Å². The highest BCUT2D eigenvalue weighted by Gasteiger charge is 2.16. The van der Waals surface area contributed by atoms with Gasteiger partial charge in [0.15, 0.2) is 0 Å². The summed E-state index contributed by atoms with van der Waals surface area (Å²) in [6.07, 6.45) is 3.65. The van der Waals surface area contributed by atoms with Crippen molar-refractivity contribution in [3.63, 3.8) is 0 Å². The quantitative estimate of drug-likeness (QED) is 0.812. The summed E-state index contributed by atoms with van der Waals surface area (Å²) in [6, 6.07) is 0. The first-order chi connectivity index (χ1) is 8.35. The van der Waals surface area contributed by atoms with E-state index in [-0.39, 0.29) is 0 Å². The van der Waals surface area contributed by atoms with E-state index >= 15 is 0 Å². The van der Waals surface area contributed by atoms with Crippen molar-refractivity contribution in [3.05, 3.63) is 11.9 Å². The molecule has 0 radical (unpaired) electrons. The van der Waals surface area contributed by atoms with Crippen LogP contribution in [-0.4, -0.2) is 36.8 Å². The van der Waals surface area contributed by atoms with Gasteiger partial charge in [-0.15, -0.1) is 0 Å². The number of aromatic nitrogens is 2. The van der Waals surface area contributed by atoms with Gasteiger partial charge in [-0.3, -0.25) is 0 Å². The van der Waals surface area contributed by atoms with Gasteiger partial charge in [0.25, 0.3) is 0 Å². The SMILES string of the molecule is CCc1c(NC)ncnc1NCC1CCOC1. The Morgan fingerprint density at radius 3 is 2.88 bits per heavy atom. The number of nitrogens with one attached hydrogen (secondary N) is 2. The van der Waals surface area contributed by atoms with E-state index < -0.39 is 0 Å². The number of hydrogen-bond acceptors (Lipinski definition) is 5. The van der Waals surface area contributed by atoms with Gasteiger partial charge < -0.3 is 15.4 Å². The van der Waals surface area contributed by atoms with E-state index in [9.17, 15) is 0 Å². The maximum atomic E-state index is 5.36. The van der Waals surface area contributed by atoms with Crippen LogP contribution < -0.4 is 10.6 Å². The van der Waals surface area contributed by atoms with Crippen LogP contribution in [-0.2, 0) is 11.2 Å². The van der Waals surface area contributed by atoms with Crippen LogP contribution in [0.5, 0.6) is 0 Å². The number of ether oxygens (including phenoxy) is 1. The molecule has 1 aromatic rings. The summed E-state index contributed by atoms with van der Waals surface area (Å²) in [6.45, 7) is 4.79. The van der Waals surface area contributed by atoms with Crippen LogP contribution in [0, 0.1) is 5.92 Å². The van der Waals surface area contributed by atoms with Crippen LogP contribution in [0.1, 0.15) is 18.9 Å². The lowest BCUT2D eigenvalue weighted by Gasteiger charge is -2.14. The average molecular weight is 236 g/mol. The molecular weight excluding hydrogens is 216 g/mol. The highest BCUT2D eigenvalue weighted by atomic mass is 16.5. The monoisotopic (exact) mass is 236 g/mol. The fourth-order valence-corrected chi connectivity index (χ4v) is 2.10. The molecule has 94 valence electrons. The normalized spacial score (nSPS) is 19.3. The molecule has 2 rings (SSSR count). The van der Waals surface area contributed by atoms with Gasteiger partial charge in [-0.05, 0) is 12.8 Å². The van der Waals surface area contributed by atoms with Gasteiger partial charge >= 0.3 is 0 Å². The molecule has 5 nitrogen and oxygen atoms in total. The second kappa shape index (κ2) is 5.82. The zero-order valence-electron chi connectivity index (χ0n) is 10.5.